The number of thiophene rings is 1. The first-order valence-corrected chi connectivity index (χ1v) is 21.8. The lowest BCUT2D eigenvalue weighted by molar-refractivity contribution is 0.785. The topological polar surface area (TPSA) is 6.48 Å². The summed E-state index contributed by atoms with van der Waals surface area (Å²) in [6.07, 6.45) is 9.82. The molecule has 11 rings (SSSR count). The number of para-hydroxylation sites is 1. The maximum atomic E-state index is 2.46. The summed E-state index contributed by atoms with van der Waals surface area (Å²) in [6, 6.07) is 78.0. The second kappa shape index (κ2) is 16.0. The first kappa shape index (κ1) is 36.6. The van der Waals surface area contributed by atoms with E-state index in [1.54, 1.807) is 0 Å². The molecule has 0 spiro atoms. The normalized spacial score (nSPS) is 13.5. The van der Waals surface area contributed by atoms with Crippen molar-refractivity contribution in [2.24, 2.45) is 0 Å². The number of benzene rings is 9. The summed E-state index contributed by atoms with van der Waals surface area (Å²) in [7, 11) is 0. The van der Waals surface area contributed by atoms with Crippen molar-refractivity contribution in [3.05, 3.63) is 237 Å². The highest BCUT2D eigenvalue weighted by atomic mass is 32.1. The van der Waals surface area contributed by atoms with Crippen molar-refractivity contribution in [3.63, 3.8) is 0 Å². The third kappa shape index (κ3) is 7.09. The Labute approximate surface area is 361 Å². The van der Waals surface area contributed by atoms with Gasteiger partial charge in [-0.25, -0.2) is 0 Å². The zero-order valence-corrected chi connectivity index (χ0v) is 34.4. The Bertz CT molecular complexity index is 3230. The Kier molecular flexibility index (Phi) is 9.57. The van der Waals surface area contributed by atoms with Gasteiger partial charge in [-0.1, -0.05) is 164 Å². The van der Waals surface area contributed by atoms with Gasteiger partial charge in [0.25, 0.3) is 0 Å². The molecule has 0 fully saturated rings. The van der Waals surface area contributed by atoms with Crippen LogP contribution in [0.1, 0.15) is 6.42 Å². The summed E-state index contributed by atoms with van der Waals surface area (Å²) in [4.78, 5) is 4.90. The molecule has 1 aliphatic rings. The van der Waals surface area contributed by atoms with Crippen LogP contribution in [0.15, 0.2) is 237 Å². The number of anilines is 5. The van der Waals surface area contributed by atoms with E-state index in [2.05, 4.69) is 246 Å². The van der Waals surface area contributed by atoms with Crippen molar-refractivity contribution in [2.45, 2.75) is 12.5 Å². The first-order valence-electron chi connectivity index (χ1n) is 21.0. The molecule has 61 heavy (non-hydrogen) atoms. The van der Waals surface area contributed by atoms with E-state index in [0.29, 0.717) is 0 Å². The Hall–Kier alpha value is -7.46. The molecule has 0 aliphatic heterocycles. The van der Waals surface area contributed by atoms with Crippen LogP contribution >= 0.6 is 11.3 Å². The quantitative estimate of drug-likeness (QED) is 0.144. The van der Waals surface area contributed by atoms with Crippen LogP contribution in [0.2, 0.25) is 0 Å². The van der Waals surface area contributed by atoms with Crippen molar-refractivity contribution in [1.82, 2.24) is 0 Å². The Morgan fingerprint density at radius 2 is 0.984 bits per heavy atom. The van der Waals surface area contributed by atoms with Gasteiger partial charge in [-0.15, -0.1) is 11.3 Å². The van der Waals surface area contributed by atoms with Crippen LogP contribution in [-0.2, 0) is 0 Å². The van der Waals surface area contributed by atoms with Crippen LogP contribution in [0.3, 0.4) is 0 Å². The minimum Gasteiger partial charge on any atom is -0.334 e. The van der Waals surface area contributed by atoms with E-state index in [1.165, 1.54) is 75.7 Å². The standard InChI is InChI=1S/C58H42N2S/c1-4-16-42(17-5-1)55-38-46-18-10-11-19-47(46)39-56(55)60(52-34-35-54-53-28-12-13-29-57(53)61-58(54)40-52)51-27-15-22-45(37-51)44-21-14-20-43(36-44)41-30-32-50(33-31-41)59(48-23-6-2-7-24-48)49-25-8-3-9-26-49/h1-25,27-40,49H,26H2. The summed E-state index contributed by atoms with van der Waals surface area (Å²) in [5.41, 5.74) is 12.8. The Morgan fingerprint density at radius 3 is 1.77 bits per heavy atom. The number of hydrogen-bond donors (Lipinski definition) is 0. The van der Waals surface area contributed by atoms with Gasteiger partial charge in [0, 0.05) is 48.5 Å². The summed E-state index contributed by atoms with van der Waals surface area (Å²) in [5, 5.41) is 5.03. The monoisotopic (exact) mass is 798 g/mol. The van der Waals surface area contributed by atoms with Crippen LogP contribution in [0, 0.1) is 0 Å². The molecular weight excluding hydrogens is 757 g/mol. The molecule has 1 aromatic heterocycles. The lowest BCUT2D eigenvalue weighted by Gasteiger charge is -2.32. The highest BCUT2D eigenvalue weighted by Crippen LogP contribution is 2.46. The fourth-order valence-electron chi connectivity index (χ4n) is 8.94. The van der Waals surface area contributed by atoms with Crippen LogP contribution in [0.5, 0.6) is 0 Å². The molecule has 1 atom stereocenters. The molecule has 290 valence electrons. The van der Waals surface area contributed by atoms with Gasteiger partial charge >= 0.3 is 0 Å². The van der Waals surface area contributed by atoms with Crippen molar-refractivity contribution in [3.8, 4) is 33.4 Å². The third-order valence-corrected chi connectivity index (χ3v) is 13.0. The largest absolute Gasteiger partial charge is 0.334 e. The number of allylic oxidation sites excluding steroid dienone is 2. The number of fused-ring (bicyclic) bond motifs is 4. The van der Waals surface area contributed by atoms with Crippen molar-refractivity contribution >= 4 is 70.7 Å². The summed E-state index contributed by atoms with van der Waals surface area (Å²) < 4.78 is 2.58. The van der Waals surface area contributed by atoms with Crippen molar-refractivity contribution < 1.29 is 0 Å². The van der Waals surface area contributed by atoms with Crippen LogP contribution in [0.25, 0.3) is 64.3 Å². The van der Waals surface area contributed by atoms with Crippen LogP contribution in [0.4, 0.5) is 28.4 Å². The molecular formula is C58H42N2S. The predicted molar refractivity (Wildman–Crippen MR) is 263 cm³/mol. The molecule has 1 aliphatic carbocycles. The molecule has 0 bridgehead atoms. The molecule has 2 nitrogen and oxygen atoms in total. The van der Waals surface area contributed by atoms with E-state index in [1.807, 2.05) is 11.3 Å². The molecule has 1 unspecified atom stereocenters. The van der Waals surface area contributed by atoms with Gasteiger partial charge in [0.15, 0.2) is 0 Å². The lowest BCUT2D eigenvalue weighted by Crippen LogP contribution is -2.29. The first-order chi connectivity index (χ1) is 30.2. The lowest BCUT2D eigenvalue weighted by atomic mass is 9.96. The van der Waals surface area contributed by atoms with Crippen LogP contribution in [-0.4, -0.2) is 6.04 Å². The minimum atomic E-state index is 0.263. The number of rotatable bonds is 9. The average Bonchev–Trinajstić information content (AvgIpc) is 3.71. The molecule has 0 radical (unpaired) electrons. The van der Waals surface area contributed by atoms with Gasteiger partial charge in [-0.3, -0.25) is 0 Å². The highest BCUT2D eigenvalue weighted by Gasteiger charge is 2.21. The maximum absolute atomic E-state index is 2.46. The van der Waals surface area contributed by atoms with Gasteiger partial charge in [0.05, 0.1) is 11.7 Å². The van der Waals surface area contributed by atoms with Gasteiger partial charge in [-0.05, 0) is 118 Å². The van der Waals surface area contributed by atoms with E-state index >= 15 is 0 Å². The Balaban J connectivity index is 1.01. The molecule has 3 heteroatoms. The van der Waals surface area contributed by atoms with Gasteiger partial charge in [0.1, 0.15) is 0 Å². The molecule has 1 heterocycles. The third-order valence-electron chi connectivity index (χ3n) is 11.9. The van der Waals surface area contributed by atoms with E-state index in [0.717, 1.165) is 23.5 Å². The molecule has 10 aromatic rings. The van der Waals surface area contributed by atoms with Gasteiger partial charge < -0.3 is 9.80 Å². The van der Waals surface area contributed by atoms with E-state index in [9.17, 15) is 0 Å². The maximum Gasteiger partial charge on any atom is 0.0559 e. The molecule has 0 amide bonds. The molecule has 9 aromatic carbocycles. The predicted octanol–water partition coefficient (Wildman–Crippen LogP) is 16.7. The second-order valence-corrected chi connectivity index (χ2v) is 16.8. The fourth-order valence-corrected chi connectivity index (χ4v) is 10.1. The van der Waals surface area contributed by atoms with Gasteiger partial charge in [0.2, 0.25) is 0 Å². The van der Waals surface area contributed by atoms with E-state index in [-0.39, 0.29) is 6.04 Å². The SMILES string of the molecule is C1=CCC(N(c2ccccc2)c2ccc(-c3cccc(-c4cccc(N(c5ccc6c(c5)sc5ccccc56)c5cc6ccccc6cc5-c5ccccc5)c4)c3)cc2)C=C1. The van der Waals surface area contributed by atoms with Crippen LogP contribution < -0.4 is 9.80 Å². The smallest absolute Gasteiger partial charge is 0.0559 e. The molecule has 0 saturated carbocycles. The zero-order valence-electron chi connectivity index (χ0n) is 33.6. The number of hydrogen-bond acceptors (Lipinski definition) is 3. The van der Waals surface area contributed by atoms with E-state index < -0.39 is 0 Å². The Morgan fingerprint density at radius 1 is 0.393 bits per heavy atom. The highest BCUT2D eigenvalue weighted by molar-refractivity contribution is 7.25. The summed E-state index contributed by atoms with van der Waals surface area (Å²) in [6.45, 7) is 0. The van der Waals surface area contributed by atoms with Crippen molar-refractivity contribution in [1.29, 1.82) is 0 Å². The van der Waals surface area contributed by atoms with Gasteiger partial charge in [-0.2, -0.15) is 0 Å². The summed E-state index contributed by atoms with van der Waals surface area (Å²) >= 11 is 1.86. The van der Waals surface area contributed by atoms with Crippen molar-refractivity contribution in [2.75, 3.05) is 9.80 Å². The zero-order chi connectivity index (χ0) is 40.5. The fraction of sp³-hybridized carbons (Fsp3) is 0.0345. The second-order valence-electron chi connectivity index (χ2n) is 15.7. The average molecular weight is 799 g/mol. The molecule has 0 saturated heterocycles. The number of nitrogens with zero attached hydrogens (tertiary/aromatic N) is 2. The molecule has 0 N–H and O–H groups in total. The minimum absolute atomic E-state index is 0.263. The summed E-state index contributed by atoms with van der Waals surface area (Å²) in [5.74, 6) is 0. The van der Waals surface area contributed by atoms with E-state index in [4.69, 9.17) is 0 Å².